The number of rotatable bonds is 5. The molecule has 132 valence electrons. The summed E-state index contributed by atoms with van der Waals surface area (Å²) in [4.78, 5) is 16.9. The summed E-state index contributed by atoms with van der Waals surface area (Å²) >= 11 is 0. The summed E-state index contributed by atoms with van der Waals surface area (Å²) in [7, 11) is 1.61. The Labute approximate surface area is 148 Å². The fourth-order valence-corrected chi connectivity index (χ4v) is 3.09. The van der Waals surface area contributed by atoms with E-state index >= 15 is 0 Å². The molecule has 5 heteroatoms. The van der Waals surface area contributed by atoms with E-state index in [0.29, 0.717) is 31.0 Å². The smallest absolute Gasteiger partial charge is 0.254 e. The van der Waals surface area contributed by atoms with Crippen molar-refractivity contribution in [2.24, 2.45) is 0 Å². The average Bonchev–Trinajstić information content (AvgIpc) is 2.68. The molecule has 2 aromatic carbocycles. The fraction of sp³-hybridized carbons (Fsp3) is 0.350. The van der Waals surface area contributed by atoms with E-state index in [1.165, 1.54) is 0 Å². The molecular weight excluding hydrogens is 316 g/mol. The van der Waals surface area contributed by atoms with E-state index in [9.17, 15) is 4.79 Å². The van der Waals surface area contributed by atoms with Crippen molar-refractivity contribution in [3.63, 3.8) is 0 Å². The Hall–Kier alpha value is -2.69. The molecule has 1 amide bonds. The Morgan fingerprint density at radius 2 is 1.80 bits per heavy atom. The standard InChI is InChI=1S/C20H24N2O3/c1-3-25-19-10-5-4-9-18(19)21-11-13-22(14-12-21)20(23)16-7-6-8-17(15-16)24-2/h4-10,15H,3,11-14H2,1-2H3. The van der Waals surface area contributed by atoms with Gasteiger partial charge in [-0.05, 0) is 37.3 Å². The summed E-state index contributed by atoms with van der Waals surface area (Å²) in [5.74, 6) is 1.66. The highest BCUT2D eigenvalue weighted by Gasteiger charge is 2.23. The first-order valence-electron chi connectivity index (χ1n) is 8.63. The maximum absolute atomic E-state index is 12.7. The molecular formula is C20H24N2O3. The molecule has 1 aliphatic rings. The van der Waals surface area contributed by atoms with Gasteiger partial charge in [0, 0.05) is 31.7 Å². The number of carbonyl (C=O) groups is 1. The van der Waals surface area contributed by atoms with Crippen LogP contribution in [0.2, 0.25) is 0 Å². The topological polar surface area (TPSA) is 42.0 Å². The highest BCUT2D eigenvalue weighted by atomic mass is 16.5. The second kappa shape index (κ2) is 7.92. The number of anilines is 1. The van der Waals surface area contributed by atoms with E-state index in [1.807, 2.05) is 48.2 Å². The minimum atomic E-state index is 0.0524. The second-order valence-electron chi connectivity index (χ2n) is 5.91. The SMILES string of the molecule is CCOc1ccccc1N1CCN(C(=O)c2cccc(OC)c2)CC1. The summed E-state index contributed by atoms with van der Waals surface area (Å²) < 4.78 is 10.9. The third kappa shape index (κ3) is 3.87. The van der Waals surface area contributed by atoms with Crippen molar-refractivity contribution < 1.29 is 14.3 Å². The van der Waals surface area contributed by atoms with Gasteiger partial charge in [-0.25, -0.2) is 0 Å². The lowest BCUT2D eigenvalue weighted by atomic mass is 10.1. The average molecular weight is 340 g/mol. The van der Waals surface area contributed by atoms with Gasteiger partial charge >= 0.3 is 0 Å². The van der Waals surface area contributed by atoms with Crippen molar-refractivity contribution in [2.45, 2.75) is 6.92 Å². The van der Waals surface area contributed by atoms with Gasteiger partial charge in [-0.1, -0.05) is 18.2 Å². The van der Waals surface area contributed by atoms with Gasteiger partial charge in [-0.15, -0.1) is 0 Å². The van der Waals surface area contributed by atoms with E-state index < -0.39 is 0 Å². The molecule has 1 saturated heterocycles. The van der Waals surface area contributed by atoms with E-state index in [0.717, 1.165) is 24.5 Å². The molecule has 1 fully saturated rings. The first kappa shape index (κ1) is 17.1. The van der Waals surface area contributed by atoms with E-state index in [1.54, 1.807) is 13.2 Å². The van der Waals surface area contributed by atoms with Crippen molar-refractivity contribution in [2.75, 3.05) is 44.8 Å². The van der Waals surface area contributed by atoms with E-state index in [-0.39, 0.29) is 5.91 Å². The van der Waals surface area contributed by atoms with Gasteiger partial charge < -0.3 is 19.3 Å². The number of hydrogen-bond acceptors (Lipinski definition) is 4. The van der Waals surface area contributed by atoms with Gasteiger partial charge in [0.2, 0.25) is 0 Å². The largest absolute Gasteiger partial charge is 0.497 e. The molecule has 0 aromatic heterocycles. The Kier molecular flexibility index (Phi) is 5.43. The van der Waals surface area contributed by atoms with Crippen molar-refractivity contribution >= 4 is 11.6 Å². The summed E-state index contributed by atoms with van der Waals surface area (Å²) in [5, 5.41) is 0. The molecule has 3 rings (SSSR count). The monoisotopic (exact) mass is 340 g/mol. The van der Waals surface area contributed by atoms with Gasteiger partial charge in [-0.3, -0.25) is 4.79 Å². The van der Waals surface area contributed by atoms with Crippen LogP contribution in [0.1, 0.15) is 17.3 Å². The predicted octanol–water partition coefficient (Wildman–Crippen LogP) is 3.06. The number of nitrogens with zero attached hydrogens (tertiary/aromatic N) is 2. The quantitative estimate of drug-likeness (QED) is 0.839. The maximum atomic E-state index is 12.7. The van der Waals surface area contributed by atoms with Crippen LogP contribution in [-0.2, 0) is 0 Å². The van der Waals surface area contributed by atoms with Gasteiger partial charge in [0.05, 0.1) is 19.4 Å². The number of piperazine rings is 1. The molecule has 0 spiro atoms. The molecule has 1 heterocycles. The van der Waals surface area contributed by atoms with Crippen LogP contribution in [0.4, 0.5) is 5.69 Å². The number of carbonyl (C=O) groups excluding carboxylic acids is 1. The molecule has 0 bridgehead atoms. The summed E-state index contributed by atoms with van der Waals surface area (Å²) in [5.41, 5.74) is 1.76. The number of ether oxygens (including phenoxy) is 2. The lowest BCUT2D eigenvalue weighted by Crippen LogP contribution is -2.48. The molecule has 0 radical (unpaired) electrons. The van der Waals surface area contributed by atoms with Crippen LogP contribution in [0.15, 0.2) is 48.5 Å². The molecule has 5 nitrogen and oxygen atoms in total. The number of para-hydroxylation sites is 2. The van der Waals surface area contributed by atoms with Crippen LogP contribution < -0.4 is 14.4 Å². The van der Waals surface area contributed by atoms with Crippen LogP contribution >= 0.6 is 0 Å². The summed E-state index contributed by atoms with van der Waals surface area (Å²) in [6, 6.07) is 15.4. The highest BCUT2D eigenvalue weighted by Crippen LogP contribution is 2.29. The first-order chi connectivity index (χ1) is 12.2. The normalized spacial score (nSPS) is 14.3. The van der Waals surface area contributed by atoms with Crippen molar-refractivity contribution in [3.05, 3.63) is 54.1 Å². The number of hydrogen-bond donors (Lipinski definition) is 0. The molecule has 0 saturated carbocycles. The van der Waals surface area contributed by atoms with E-state index in [2.05, 4.69) is 11.0 Å². The predicted molar refractivity (Wildman–Crippen MR) is 98.7 cm³/mol. The number of amides is 1. The van der Waals surface area contributed by atoms with Crippen LogP contribution in [-0.4, -0.2) is 50.7 Å². The van der Waals surface area contributed by atoms with Crippen molar-refractivity contribution in [1.29, 1.82) is 0 Å². The molecule has 25 heavy (non-hydrogen) atoms. The Bertz CT molecular complexity index is 724. The summed E-state index contributed by atoms with van der Waals surface area (Å²) in [6.07, 6.45) is 0. The minimum Gasteiger partial charge on any atom is -0.497 e. The zero-order valence-corrected chi connectivity index (χ0v) is 14.8. The third-order valence-electron chi connectivity index (χ3n) is 4.39. The van der Waals surface area contributed by atoms with Gasteiger partial charge in [0.1, 0.15) is 11.5 Å². The zero-order chi connectivity index (χ0) is 17.6. The van der Waals surface area contributed by atoms with Gasteiger partial charge in [0.25, 0.3) is 5.91 Å². The zero-order valence-electron chi connectivity index (χ0n) is 14.8. The van der Waals surface area contributed by atoms with Crippen molar-refractivity contribution in [3.8, 4) is 11.5 Å². The minimum absolute atomic E-state index is 0.0524. The van der Waals surface area contributed by atoms with Crippen LogP contribution in [0.5, 0.6) is 11.5 Å². The molecule has 2 aromatic rings. The lowest BCUT2D eigenvalue weighted by molar-refractivity contribution is 0.0746. The Balaban J connectivity index is 1.66. The van der Waals surface area contributed by atoms with Gasteiger partial charge in [0.15, 0.2) is 0 Å². The third-order valence-corrected chi connectivity index (χ3v) is 4.39. The fourth-order valence-electron chi connectivity index (χ4n) is 3.09. The first-order valence-corrected chi connectivity index (χ1v) is 8.63. The van der Waals surface area contributed by atoms with Crippen LogP contribution in [0.25, 0.3) is 0 Å². The number of methoxy groups -OCH3 is 1. The molecule has 0 aliphatic carbocycles. The Morgan fingerprint density at radius 3 is 2.52 bits per heavy atom. The summed E-state index contributed by atoms with van der Waals surface area (Å²) in [6.45, 7) is 5.60. The lowest BCUT2D eigenvalue weighted by Gasteiger charge is -2.36. The second-order valence-corrected chi connectivity index (χ2v) is 5.91. The van der Waals surface area contributed by atoms with Gasteiger partial charge in [-0.2, -0.15) is 0 Å². The molecule has 1 aliphatic heterocycles. The highest BCUT2D eigenvalue weighted by molar-refractivity contribution is 5.94. The molecule has 0 atom stereocenters. The Morgan fingerprint density at radius 1 is 1.04 bits per heavy atom. The van der Waals surface area contributed by atoms with Crippen molar-refractivity contribution in [1.82, 2.24) is 4.90 Å². The van der Waals surface area contributed by atoms with Crippen LogP contribution in [0, 0.1) is 0 Å². The molecule has 0 unspecified atom stereocenters. The van der Waals surface area contributed by atoms with E-state index in [4.69, 9.17) is 9.47 Å². The molecule has 0 N–H and O–H groups in total. The van der Waals surface area contributed by atoms with Crippen LogP contribution in [0.3, 0.4) is 0 Å². The maximum Gasteiger partial charge on any atom is 0.254 e. The number of benzene rings is 2.